The number of nitrogens with two attached hydrogens (primary N) is 1. The molecule has 8 heteroatoms. The fourth-order valence-electron chi connectivity index (χ4n) is 1.97. The Hall–Kier alpha value is -1.27. The van der Waals surface area contributed by atoms with E-state index in [1.54, 1.807) is 35.1 Å². The number of nitrogens with one attached hydrogen (secondary N) is 1. The summed E-state index contributed by atoms with van der Waals surface area (Å²) in [6, 6.07) is 6.80. The second-order valence-electron chi connectivity index (χ2n) is 5.97. The van der Waals surface area contributed by atoms with Gasteiger partial charge in [0.2, 0.25) is 0 Å². The smallest absolute Gasteiger partial charge is 0.272 e. The summed E-state index contributed by atoms with van der Waals surface area (Å²) in [5.41, 5.74) is 6.35. The number of nitrogens with zero attached hydrogens (tertiary/aromatic N) is 2. The van der Waals surface area contributed by atoms with Crippen LogP contribution in [0.3, 0.4) is 0 Å². The molecule has 132 valence electrons. The van der Waals surface area contributed by atoms with Crippen LogP contribution in [0.4, 0.5) is 0 Å². The second-order valence-corrected chi connectivity index (χ2v) is 6.79. The van der Waals surface area contributed by atoms with E-state index >= 15 is 0 Å². The minimum Gasteiger partial charge on any atom is -0.344 e. The summed E-state index contributed by atoms with van der Waals surface area (Å²) in [6.45, 7) is 6.30. The van der Waals surface area contributed by atoms with Crippen molar-refractivity contribution in [3.63, 3.8) is 0 Å². The van der Waals surface area contributed by atoms with E-state index in [0.29, 0.717) is 22.3 Å². The molecule has 5 nitrogen and oxygen atoms in total. The first kappa shape index (κ1) is 20.8. The zero-order valence-electron chi connectivity index (χ0n) is 13.7. The van der Waals surface area contributed by atoms with Gasteiger partial charge in [0.25, 0.3) is 5.91 Å². The van der Waals surface area contributed by atoms with Gasteiger partial charge in [0.15, 0.2) is 5.69 Å². The molecule has 0 saturated heterocycles. The van der Waals surface area contributed by atoms with Crippen LogP contribution >= 0.6 is 35.6 Å². The highest BCUT2D eigenvalue weighted by atomic mass is 35.5. The molecule has 0 saturated carbocycles. The van der Waals surface area contributed by atoms with E-state index in [-0.39, 0.29) is 24.2 Å². The van der Waals surface area contributed by atoms with E-state index in [9.17, 15) is 4.79 Å². The Kier molecular flexibility index (Phi) is 7.10. The molecule has 1 aromatic carbocycles. The summed E-state index contributed by atoms with van der Waals surface area (Å²) in [4.78, 5) is 12.4. The van der Waals surface area contributed by atoms with Crippen LogP contribution in [0.5, 0.6) is 0 Å². The molecule has 1 aromatic heterocycles. The van der Waals surface area contributed by atoms with Gasteiger partial charge in [-0.1, -0.05) is 37.0 Å². The van der Waals surface area contributed by atoms with Crippen molar-refractivity contribution in [3.05, 3.63) is 46.2 Å². The van der Waals surface area contributed by atoms with Gasteiger partial charge < -0.3 is 11.1 Å². The molecule has 3 N–H and O–H groups in total. The maximum absolute atomic E-state index is 12.4. The van der Waals surface area contributed by atoms with Crippen molar-refractivity contribution in [2.24, 2.45) is 11.7 Å². The summed E-state index contributed by atoms with van der Waals surface area (Å²) in [5, 5.41) is 8.15. The minimum atomic E-state index is -0.482. The van der Waals surface area contributed by atoms with Crippen molar-refractivity contribution in [1.82, 2.24) is 15.1 Å². The van der Waals surface area contributed by atoms with Crippen molar-refractivity contribution >= 4 is 41.5 Å². The molecule has 0 fully saturated rings. The molecule has 0 aliphatic carbocycles. The van der Waals surface area contributed by atoms with Crippen molar-refractivity contribution in [1.29, 1.82) is 0 Å². The predicted octanol–water partition coefficient (Wildman–Crippen LogP) is 3.70. The Morgan fingerprint density at radius 2 is 2.00 bits per heavy atom. The van der Waals surface area contributed by atoms with Gasteiger partial charge in [-0.2, -0.15) is 5.10 Å². The number of aromatic nitrogens is 2. The Morgan fingerprint density at radius 1 is 1.33 bits per heavy atom. The predicted molar refractivity (Wildman–Crippen MR) is 101 cm³/mol. The highest BCUT2D eigenvalue weighted by molar-refractivity contribution is 6.42. The van der Waals surface area contributed by atoms with Gasteiger partial charge in [0, 0.05) is 12.7 Å². The molecule has 0 bridgehead atoms. The second kappa shape index (κ2) is 8.21. The van der Waals surface area contributed by atoms with Crippen LogP contribution in [0.1, 0.15) is 31.3 Å². The van der Waals surface area contributed by atoms with Crippen molar-refractivity contribution in [2.75, 3.05) is 6.54 Å². The van der Waals surface area contributed by atoms with Crippen LogP contribution in [0.15, 0.2) is 30.5 Å². The molecular formula is C16H21Cl3N4O. The first-order valence-corrected chi connectivity index (χ1v) is 8.06. The minimum absolute atomic E-state index is 0. The number of rotatable bonds is 5. The quantitative estimate of drug-likeness (QED) is 0.816. The third-order valence-corrected chi connectivity index (χ3v) is 4.83. The van der Waals surface area contributed by atoms with E-state index < -0.39 is 5.54 Å². The number of benzene rings is 1. The van der Waals surface area contributed by atoms with Gasteiger partial charge in [-0.15, -0.1) is 12.4 Å². The normalized spacial score (nSPS) is 13.3. The first-order chi connectivity index (χ1) is 10.8. The fraction of sp³-hybridized carbons (Fsp3) is 0.375. The van der Waals surface area contributed by atoms with Crippen LogP contribution in [0.2, 0.25) is 10.0 Å². The van der Waals surface area contributed by atoms with E-state index in [1.165, 1.54) is 0 Å². The Morgan fingerprint density at radius 3 is 2.54 bits per heavy atom. The fourth-order valence-corrected chi connectivity index (χ4v) is 2.26. The lowest BCUT2D eigenvalue weighted by molar-refractivity contribution is 0.0877. The molecule has 0 aliphatic heterocycles. The zero-order chi connectivity index (χ0) is 17.2. The molecule has 1 amide bonds. The number of carbonyl (C=O) groups is 1. The summed E-state index contributed by atoms with van der Waals surface area (Å²) < 4.78 is 1.58. The average molecular weight is 392 g/mol. The van der Waals surface area contributed by atoms with Crippen molar-refractivity contribution < 1.29 is 4.79 Å². The van der Waals surface area contributed by atoms with Gasteiger partial charge >= 0.3 is 0 Å². The van der Waals surface area contributed by atoms with Crippen LogP contribution in [0.25, 0.3) is 5.69 Å². The number of hydrogen-bond donors (Lipinski definition) is 2. The van der Waals surface area contributed by atoms with Crippen molar-refractivity contribution in [2.45, 2.75) is 26.3 Å². The molecule has 1 atom stereocenters. The van der Waals surface area contributed by atoms with Crippen LogP contribution in [0, 0.1) is 5.92 Å². The molecule has 0 spiro atoms. The third-order valence-electron chi connectivity index (χ3n) is 4.09. The highest BCUT2D eigenvalue weighted by Crippen LogP contribution is 2.24. The molecule has 0 aliphatic rings. The molecule has 2 aromatic rings. The van der Waals surface area contributed by atoms with Crippen LogP contribution in [-0.4, -0.2) is 27.8 Å². The molecule has 1 heterocycles. The van der Waals surface area contributed by atoms with E-state index in [0.717, 1.165) is 5.69 Å². The lowest BCUT2D eigenvalue weighted by Gasteiger charge is -2.33. The first-order valence-electron chi connectivity index (χ1n) is 7.30. The lowest BCUT2D eigenvalue weighted by Crippen LogP contribution is -2.55. The number of halogens is 3. The number of amides is 1. The van der Waals surface area contributed by atoms with Gasteiger partial charge in [-0.3, -0.25) is 4.79 Å². The monoisotopic (exact) mass is 390 g/mol. The Balaban J connectivity index is 0.00000288. The van der Waals surface area contributed by atoms with E-state index in [2.05, 4.69) is 10.4 Å². The maximum atomic E-state index is 12.4. The van der Waals surface area contributed by atoms with Gasteiger partial charge in [-0.05, 0) is 37.1 Å². The summed E-state index contributed by atoms with van der Waals surface area (Å²) >= 11 is 11.9. The van der Waals surface area contributed by atoms with Crippen molar-refractivity contribution in [3.8, 4) is 5.69 Å². The summed E-state index contributed by atoms with van der Waals surface area (Å²) in [6.07, 6.45) is 1.70. The average Bonchev–Trinajstić information content (AvgIpc) is 2.99. The topological polar surface area (TPSA) is 72.9 Å². The van der Waals surface area contributed by atoms with E-state index in [1.807, 2.05) is 20.8 Å². The molecule has 0 radical (unpaired) electrons. The summed E-state index contributed by atoms with van der Waals surface area (Å²) in [5.74, 6) is -0.0564. The van der Waals surface area contributed by atoms with Gasteiger partial charge in [0.1, 0.15) is 0 Å². The maximum Gasteiger partial charge on any atom is 0.272 e. The lowest BCUT2D eigenvalue weighted by atomic mass is 9.88. The molecule has 1 unspecified atom stereocenters. The van der Waals surface area contributed by atoms with Crippen LogP contribution in [-0.2, 0) is 0 Å². The zero-order valence-corrected chi connectivity index (χ0v) is 16.0. The SMILES string of the molecule is CC(C)C(C)(CN)NC(=O)c1ccn(-c2ccc(Cl)c(Cl)c2)n1.Cl. The number of carbonyl (C=O) groups excluding carboxylic acids is 1. The summed E-state index contributed by atoms with van der Waals surface area (Å²) in [7, 11) is 0. The van der Waals surface area contributed by atoms with E-state index in [4.69, 9.17) is 28.9 Å². The highest BCUT2D eigenvalue weighted by Gasteiger charge is 2.29. The largest absolute Gasteiger partial charge is 0.344 e. The standard InChI is InChI=1S/C16H20Cl2N4O.ClH/c1-10(2)16(3,9-19)20-15(23)14-6-7-22(21-14)11-4-5-12(17)13(18)8-11;/h4-8,10H,9,19H2,1-3H3,(H,20,23);1H. The van der Waals surface area contributed by atoms with Gasteiger partial charge in [0.05, 0.1) is 21.3 Å². The molecular weight excluding hydrogens is 371 g/mol. The van der Waals surface area contributed by atoms with Gasteiger partial charge in [-0.25, -0.2) is 4.68 Å². The van der Waals surface area contributed by atoms with Crippen LogP contribution < -0.4 is 11.1 Å². The molecule has 2 rings (SSSR count). The number of hydrogen-bond acceptors (Lipinski definition) is 3. The molecule has 24 heavy (non-hydrogen) atoms. The Bertz CT molecular complexity index is 717. The Labute approximate surface area is 157 Å². The third kappa shape index (κ3) is 4.42.